The molecule has 0 spiro atoms. The lowest BCUT2D eigenvalue weighted by molar-refractivity contribution is -0.153. The Morgan fingerprint density at radius 2 is 1.90 bits per heavy atom. The molecule has 0 saturated heterocycles. The fraction of sp³-hybridized carbons (Fsp3) is 0.250. The summed E-state index contributed by atoms with van der Waals surface area (Å²) >= 11 is 11.9. The Morgan fingerprint density at radius 3 is 2.60 bits per heavy atom. The lowest BCUT2D eigenvalue weighted by atomic mass is 10.2. The molecule has 0 aliphatic rings. The number of nitrogens with zero attached hydrogens (tertiary/aromatic N) is 2. The number of carbonyl (C=O) groups excluding carboxylic acids is 1. The fourth-order valence-electron chi connectivity index (χ4n) is 2.47. The van der Waals surface area contributed by atoms with Gasteiger partial charge in [0.15, 0.2) is 12.7 Å². The van der Waals surface area contributed by atoms with E-state index in [1.807, 2.05) is 0 Å². The molecule has 0 fully saturated rings. The third-order valence-electron chi connectivity index (χ3n) is 3.99. The van der Waals surface area contributed by atoms with Crippen LogP contribution in [0.15, 0.2) is 40.9 Å². The quantitative estimate of drug-likeness (QED) is 0.458. The van der Waals surface area contributed by atoms with Crippen molar-refractivity contribution in [1.82, 2.24) is 10.1 Å². The van der Waals surface area contributed by atoms with Gasteiger partial charge in [-0.25, -0.2) is 4.79 Å². The number of carbonyl (C=O) groups is 1. The lowest BCUT2D eigenvalue weighted by Crippen LogP contribution is -2.26. The average Bonchev–Trinajstić information content (AvgIpc) is 3.22. The maximum atomic E-state index is 12.2. The summed E-state index contributed by atoms with van der Waals surface area (Å²) in [5, 5.41) is 4.65. The first-order valence-corrected chi connectivity index (χ1v) is 9.50. The van der Waals surface area contributed by atoms with Gasteiger partial charge in [-0.05, 0) is 37.3 Å². The Kier molecular flexibility index (Phi) is 7.02. The molecule has 158 valence electrons. The molecule has 0 aliphatic carbocycles. The van der Waals surface area contributed by atoms with Crippen molar-refractivity contribution in [2.75, 3.05) is 14.2 Å². The van der Waals surface area contributed by atoms with E-state index in [4.69, 9.17) is 46.7 Å². The molecular weight excluding hydrogens is 435 g/mol. The maximum Gasteiger partial charge on any atom is 0.347 e. The first-order chi connectivity index (χ1) is 14.4. The predicted molar refractivity (Wildman–Crippen MR) is 109 cm³/mol. The van der Waals surface area contributed by atoms with Gasteiger partial charge in [0.05, 0.1) is 24.8 Å². The van der Waals surface area contributed by atoms with E-state index in [1.165, 1.54) is 20.1 Å². The topological polar surface area (TPSA) is 92.9 Å². The van der Waals surface area contributed by atoms with Crippen molar-refractivity contribution in [3.63, 3.8) is 0 Å². The minimum absolute atomic E-state index is 0.118. The second-order valence-electron chi connectivity index (χ2n) is 6.02. The number of methoxy groups -OCH3 is 2. The van der Waals surface area contributed by atoms with Gasteiger partial charge in [0.1, 0.15) is 17.2 Å². The van der Waals surface area contributed by atoms with Gasteiger partial charge in [0.25, 0.3) is 5.89 Å². The van der Waals surface area contributed by atoms with Gasteiger partial charge in [-0.3, -0.25) is 0 Å². The first-order valence-electron chi connectivity index (χ1n) is 8.74. The second kappa shape index (κ2) is 9.69. The highest BCUT2D eigenvalue weighted by Gasteiger charge is 2.20. The molecular formula is C20H18Cl2N2O6. The lowest BCUT2D eigenvalue weighted by Gasteiger charge is -2.14. The van der Waals surface area contributed by atoms with E-state index in [0.717, 1.165) is 0 Å². The number of benzene rings is 2. The molecule has 0 N–H and O–H groups in total. The first kappa shape index (κ1) is 21.7. The monoisotopic (exact) mass is 452 g/mol. The fourth-order valence-corrected chi connectivity index (χ4v) is 2.92. The molecule has 1 atom stereocenters. The minimum Gasteiger partial charge on any atom is -0.497 e. The van der Waals surface area contributed by atoms with E-state index >= 15 is 0 Å². The van der Waals surface area contributed by atoms with Crippen LogP contribution in [0, 0.1) is 0 Å². The Hall–Kier alpha value is -2.97. The Balaban J connectivity index is 1.61. The normalized spacial score (nSPS) is 11.6. The summed E-state index contributed by atoms with van der Waals surface area (Å²) in [6, 6.07) is 9.88. The molecule has 0 amide bonds. The summed E-state index contributed by atoms with van der Waals surface area (Å²) in [5.41, 5.74) is 0.605. The molecule has 1 unspecified atom stereocenters. The van der Waals surface area contributed by atoms with Gasteiger partial charge in [0.2, 0.25) is 5.82 Å². The highest BCUT2D eigenvalue weighted by atomic mass is 35.5. The van der Waals surface area contributed by atoms with Crippen LogP contribution in [0.2, 0.25) is 10.0 Å². The van der Waals surface area contributed by atoms with E-state index in [-0.39, 0.29) is 23.3 Å². The van der Waals surface area contributed by atoms with Crippen LogP contribution in [0.4, 0.5) is 0 Å². The highest BCUT2D eigenvalue weighted by Crippen LogP contribution is 2.32. The summed E-state index contributed by atoms with van der Waals surface area (Å²) < 4.78 is 26.4. The molecule has 0 radical (unpaired) electrons. The van der Waals surface area contributed by atoms with Crippen LogP contribution in [0.3, 0.4) is 0 Å². The highest BCUT2D eigenvalue weighted by molar-refractivity contribution is 6.35. The molecule has 8 nitrogen and oxygen atoms in total. The van der Waals surface area contributed by atoms with Crippen LogP contribution in [0.5, 0.6) is 17.2 Å². The summed E-state index contributed by atoms with van der Waals surface area (Å²) in [5.74, 6) is 1.24. The number of rotatable bonds is 8. The Bertz CT molecular complexity index is 1040. The summed E-state index contributed by atoms with van der Waals surface area (Å²) in [6.07, 6.45) is -0.909. The van der Waals surface area contributed by atoms with Crippen LogP contribution < -0.4 is 14.2 Å². The molecule has 10 heteroatoms. The molecule has 0 saturated carbocycles. The smallest absolute Gasteiger partial charge is 0.347 e. The number of ether oxygens (including phenoxy) is 4. The van der Waals surface area contributed by atoms with E-state index < -0.39 is 12.1 Å². The largest absolute Gasteiger partial charge is 0.497 e. The molecule has 0 aliphatic heterocycles. The van der Waals surface area contributed by atoms with Crippen molar-refractivity contribution in [3.8, 4) is 28.6 Å². The average molecular weight is 453 g/mol. The van der Waals surface area contributed by atoms with Gasteiger partial charge < -0.3 is 23.5 Å². The zero-order valence-corrected chi connectivity index (χ0v) is 17.9. The number of aromatic nitrogens is 2. The van der Waals surface area contributed by atoms with Crippen molar-refractivity contribution in [1.29, 1.82) is 0 Å². The predicted octanol–water partition coefficient (Wildman–Crippen LogP) is 4.57. The van der Waals surface area contributed by atoms with Crippen LogP contribution >= 0.6 is 23.2 Å². The summed E-state index contributed by atoms with van der Waals surface area (Å²) in [6.45, 7) is 1.32. The van der Waals surface area contributed by atoms with Gasteiger partial charge >= 0.3 is 5.97 Å². The number of halogens is 2. The molecule has 3 rings (SSSR count). The van der Waals surface area contributed by atoms with Crippen molar-refractivity contribution in [2.24, 2.45) is 0 Å². The zero-order chi connectivity index (χ0) is 21.7. The molecule has 30 heavy (non-hydrogen) atoms. The molecule has 3 aromatic rings. The van der Waals surface area contributed by atoms with Crippen LogP contribution in [-0.2, 0) is 16.1 Å². The SMILES string of the molecule is COc1ccc(-c2noc(COC(=O)C(C)Oc3ccc(Cl)cc3Cl)n2)c(OC)c1. The van der Waals surface area contributed by atoms with Crippen molar-refractivity contribution in [2.45, 2.75) is 19.6 Å². The summed E-state index contributed by atoms with van der Waals surface area (Å²) in [4.78, 5) is 16.4. The Morgan fingerprint density at radius 1 is 1.10 bits per heavy atom. The number of hydrogen-bond acceptors (Lipinski definition) is 8. The van der Waals surface area contributed by atoms with E-state index in [2.05, 4.69) is 10.1 Å². The number of hydrogen-bond donors (Lipinski definition) is 0. The van der Waals surface area contributed by atoms with Gasteiger partial charge in [-0.2, -0.15) is 4.98 Å². The molecule has 2 aromatic carbocycles. The van der Waals surface area contributed by atoms with Crippen molar-refractivity contribution < 1.29 is 28.3 Å². The van der Waals surface area contributed by atoms with Gasteiger partial charge in [-0.1, -0.05) is 28.4 Å². The van der Waals surface area contributed by atoms with E-state index in [9.17, 15) is 4.79 Å². The van der Waals surface area contributed by atoms with Gasteiger partial charge in [0, 0.05) is 11.1 Å². The van der Waals surface area contributed by atoms with E-state index in [0.29, 0.717) is 27.8 Å². The maximum absolute atomic E-state index is 12.2. The van der Waals surface area contributed by atoms with Crippen LogP contribution in [0.1, 0.15) is 12.8 Å². The van der Waals surface area contributed by atoms with Crippen LogP contribution in [-0.4, -0.2) is 36.4 Å². The second-order valence-corrected chi connectivity index (χ2v) is 6.86. The zero-order valence-electron chi connectivity index (χ0n) is 16.3. The van der Waals surface area contributed by atoms with Gasteiger partial charge in [-0.15, -0.1) is 0 Å². The minimum atomic E-state index is -0.909. The molecule has 1 aromatic heterocycles. The van der Waals surface area contributed by atoms with Crippen molar-refractivity contribution >= 4 is 29.2 Å². The van der Waals surface area contributed by atoms with E-state index in [1.54, 1.807) is 37.4 Å². The Labute approximate surface area is 182 Å². The number of esters is 1. The summed E-state index contributed by atoms with van der Waals surface area (Å²) in [7, 11) is 3.08. The standard InChI is InChI=1S/C20H18Cl2N2O6/c1-11(29-16-7-4-12(21)8-15(16)22)20(25)28-10-18-23-19(24-30-18)14-6-5-13(26-2)9-17(14)27-3/h4-9,11H,10H2,1-3H3. The van der Waals surface area contributed by atoms with Crippen LogP contribution in [0.25, 0.3) is 11.4 Å². The third kappa shape index (κ3) is 5.14. The molecule has 0 bridgehead atoms. The van der Waals surface area contributed by atoms with Crippen molar-refractivity contribution in [3.05, 3.63) is 52.3 Å². The third-order valence-corrected chi connectivity index (χ3v) is 4.52. The molecule has 1 heterocycles.